The first-order chi connectivity index (χ1) is 14.0. The summed E-state index contributed by atoms with van der Waals surface area (Å²) >= 11 is 9.55. The largest absolute Gasteiger partial charge is 0.450 e. The molecule has 29 heavy (non-hydrogen) atoms. The van der Waals surface area contributed by atoms with E-state index in [1.54, 1.807) is 23.1 Å². The van der Waals surface area contributed by atoms with E-state index in [-0.39, 0.29) is 23.2 Å². The Morgan fingerprint density at radius 3 is 2.66 bits per heavy atom. The van der Waals surface area contributed by atoms with Gasteiger partial charge in [-0.3, -0.25) is 9.59 Å². The van der Waals surface area contributed by atoms with Crippen LogP contribution in [0.15, 0.2) is 56.1 Å². The summed E-state index contributed by atoms with van der Waals surface area (Å²) in [6.07, 6.45) is 1.83. The Morgan fingerprint density at radius 2 is 1.93 bits per heavy atom. The molecule has 0 N–H and O–H groups in total. The van der Waals surface area contributed by atoms with Gasteiger partial charge in [-0.2, -0.15) is 0 Å². The van der Waals surface area contributed by atoms with Crippen molar-refractivity contribution >= 4 is 44.4 Å². The molecule has 2 aliphatic heterocycles. The summed E-state index contributed by atoms with van der Waals surface area (Å²) in [7, 11) is 0. The number of hydrogen-bond donors (Lipinski definition) is 0. The molecule has 2 atom stereocenters. The molecule has 0 unspecified atom stereocenters. The van der Waals surface area contributed by atoms with Crippen molar-refractivity contribution in [2.75, 3.05) is 13.2 Å². The van der Waals surface area contributed by atoms with E-state index in [4.69, 9.17) is 20.8 Å². The van der Waals surface area contributed by atoms with Gasteiger partial charge >= 0.3 is 0 Å². The molecule has 3 aromatic rings. The maximum atomic E-state index is 13.4. The number of fused-ring (bicyclic) bond motifs is 2. The van der Waals surface area contributed by atoms with Gasteiger partial charge in [0, 0.05) is 22.6 Å². The number of hydrogen-bond acceptors (Lipinski definition) is 4. The maximum absolute atomic E-state index is 13.4. The van der Waals surface area contributed by atoms with Gasteiger partial charge in [0.15, 0.2) is 5.43 Å². The Hall–Kier alpha value is -2.15. The first-order valence-electron chi connectivity index (χ1n) is 9.47. The van der Waals surface area contributed by atoms with Crippen molar-refractivity contribution in [1.82, 2.24) is 4.90 Å². The van der Waals surface area contributed by atoms with Crippen LogP contribution in [0.5, 0.6) is 0 Å². The van der Waals surface area contributed by atoms with Gasteiger partial charge in [0.25, 0.3) is 5.91 Å². The molecule has 5 nitrogen and oxygen atoms in total. The second-order valence-corrected chi connectivity index (χ2v) is 8.71. The minimum absolute atomic E-state index is 0.0369. The van der Waals surface area contributed by atoms with Crippen LogP contribution < -0.4 is 5.43 Å². The van der Waals surface area contributed by atoms with E-state index < -0.39 is 6.04 Å². The average Bonchev–Trinajstić information content (AvgIpc) is 3.32. The highest BCUT2D eigenvalue weighted by Crippen LogP contribution is 2.39. The van der Waals surface area contributed by atoms with Crippen LogP contribution >= 0.6 is 27.5 Å². The summed E-state index contributed by atoms with van der Waals surface area (Å²) in [4.78, 5) is 28.4. The molecule has 2 aliphatic rings. The highest BCUT2D eigenvalue weighted by atomic mass is 79.9. The number of amides is 1. The first kappa shape index (κ1) is 18.9. The molecule has 0 bridgehead atoms. The molecule has 5 rings (SSSR count). The van der Waals surface area contributed by atoms with Gasteiger partial charge in [0.1, 0.15) is 5.58 Å². The van der Waals surface area contributed by atoms with Crippen molar-refractivity contribution in [2.45, 2.75) is 25.0 Å². The first-order valence-corrected chi connectivity index (χ1v) is 10.6. The van der Waals surface area contributed by atoms with Crippen molar-refractivity contribution in [2.24, 2.45) is 0 Å². The van der Waals surface area contributed by atoms with Crippen LogP contribution in [-0.4, -0.2) is 30.1 Å². The summed E-state index contributed by atoms with van der Waals surface area (Å²) in [5, 5.41) is 0.829. The van der Waals surface area contributed by atoms with Crippen molar-refractivity contribution in [3.8, 4) is 0 Å². The fourth-order valence-electron chi connectivity index (χ4n) is 4.18. The maximum Gasteiger partial charge on any atom is 0.291 e. The Balaban J connectivity index is 1.71. The SMILES string of the molecule is O=C1c2oc3ccc(Cl)cc3c(=O)c2[C@@H](c2ccc(Br)cc2)N1C[C@H]1CCCO1. The third-order valence-electron chi connectivity index (χ3n) is 5.54. The Bertz CT molecular complexity index is 1170. The second-order valence-electron chi connectivity index (χ2n) is 7.36. The van der Waals surface area contributed by atoms with Gasteiger partial charge in [-0.05, 0) is 48.7 Å². The molecule has 148 valence electrons. The summed E-state index contributed by atoms with van der Waals surface area (Å²) in [5.74, 6) is -0.173. The molecule has 7 heteroatoms. The van der Waals surface area contributed by atoms with Gasteiger partial charge < -0.3 is 14.1 Å². The molecular weight excluding hydrogens is 458 g/mol. The zero-order chi connectivity index (χ0) is 20.1. The van der Waals surface area contributed by atoms with Crippen LogP contribution in [0.3, 0.4) is 0 Å². The predicted molar refractivity (Wildman–Crippen MR) is 113 cm³/mol. The molecule has 0 spiro atoms. The molecule has 1 amide bonds. The third kappa shape index (κ3) is 3.19. The fourth-order valence-corrected chi connectivity index (χ4v) is 4.62. The molecular formula is C22H17BrClNO4. The lowest BCUT2D eigenvalue weighted by atomic mass is 9.98. The molecule has 2 aromatic carbocycles. The monoisotopic (exact) mass is 473 g/mol. The third-order valence-corrected chi connectivity index (χ3v) is 6.30. The second kappa shape index (κ2) is 7.27. The molecule has 0 saturated carbocycles. The summed E-state index contributed by atoms with van der Waals surface area (Å²) in [6.45, 7) is 1.11. The fraction of sp³-hybridized carbons (Fsp3) is 0.273. The van der Waals surface area contributed by atoms with Crippen LogP contribution in [0, 0.1) is 0 Å². The number of halogens is 2. The van der Waals surface area contributed by atoms with E-state index in [9.17, 15) is 9.59 Å². The van der Waals surface area contributed by atoms with Crippen LogP contribution in [0.4, 0.5) is 0 Å². The molecule has 1 fully saturated rings. The zero-order valence-corrected chi connectivity index (χ0v) is 17.7. The van der Waals surface area contributed by atoms with Crippen molar-refractivity contribution in [3.05, 3.63) is 79.1 Å². The molecule has 0 aliphatic carbocycles. The number of carbonyl (C=O) groups is 1. The predicted octanol–water partition coefficient (Wildman–Crippen LogP) is 4.93. The van der Waals surface area contributed by atoms with Crippen molar-refractivity contribution in [1.29, 1.82) is 0 Å². The van der Waals surface area contributed by atoms with Crippen LogP contribution in [0.25, 0.3) is 11.0 Å². The summed E-state index contributed by atoms with van der Waals surface area (Å²) in [6, 6.07) is 12.0. The minimum atomic E-state index is -0.519. The topological polar surface area (TPSA) is 59.8 Å². The number of rotatable bonds is 3. The van der Waals surface area contributed by atoms with Gasteiger partial charge in [0.05, 0.1) is 23.1 Å². The summed E-state index contributed by atoms with van der Waals surface area (Å²) in [5.41, 5.74) is 1.36. The van der Waals surface area contributed by atoms with E-state index in [1.807, 2.05) is 24.3 Å². The Labute approximate surface area is 180 Å². The van der Waals surface area contributed by atoms with E-state index in [0.29, 0.717) is 34.7 Å². The van der Waals surface area contributed by atoms with Crippen LogP contribution in [0.2, 0.25) is 5.02 Å². The molecule has 0 radical (unpaired) electrons. The minimum Gasteiger partial charge on any atom is -0.450 e. The van der Waals surface area contributed by atoms with E-state index >= 15 is 0 Å². The van der Waals surface area contributed by atoms with Gasteiger partial charge in [-0.25, -0.2) is 0 Å². The number of benzene rings is 2. The van der Waals surface area contributed by atoms with E-state index in [1.165, 1.54) is 0 Å². The standard InChI is InChI=1S/C22H17BrClNO4/c23-13-5-3-12(4-6-13)19-18-20(26)16-10-14(24)7-8-17(16)29-21(18)22(27)25(19)11-15-2-1-9-28-15/h3-8,10,15,19H,1-2,9,11H2/t15-,19-/m1/s1. The highest BCUT2D eigenvalue weighted by molar-refractivity contribution is 9.10. The van der Waals surface area contributed by atoms with Gasteiger partial charge in [-0.15, -0.1) is 0 Å². The summed E-state index contributed by atoms with van der Waals surface area (Å²) < 4.78 is 12.6. The van der Waals surface area contributed by atoms with E-state index in [0.717, 1.165) is 22.9 Å². The van der Waals surface area contributed by atoms with Crippen molar-refractivity contribution < 1.29 is 13.9 Å². The number of nitrogens with zero attached hydrogens (tertiary/aromatic N) is 1. The zero-order valence-electron chi connectivity index (χ0n) is 15.4. The van der Waals surface area contributed by atoms with E-state index in [2.05, 4.69) is 15.9 Å². The van der Waals surface area contributed by atoms with Crippen LogP contribution in [-0.2, 0) is 4.74 Å². The van der Waals surface area contributed by atoms with Crippen molar-refractivity contribution in [3.63, 3.8) is 0 Å². The lowest BCUT2D eigenvalue weighted by Gasteiger charge is -2.27. The molecule has 3 heterocycles. The number of ether oxygens (including phenoxy) is 1. The van der Waals surface area contributed by atoms with Gasteiger partial charge in [-0.1, -0.05) is 39.7 Å². The lowest BCUT2D eigenvalue weighted by Crippen LogP contribution is -2.36. The number of carbonyl (C=O) groups excluding carboxylic acids is 1. The van der Waals surface area contributed by atoms with Crippen LogP contribution in [0.1, 0.15) is 40.6 Å². The lowest BCUT2D eigenvalue weighted by molar-refractivity contribution is 0.0486. The molecule has 1 saturated heterocycles. The Morgan fingerprint density at radius 1 is 1.14 bits per heavy atom. The highest BCUT2D eigenvalue weighted by Gasteiger charge is 2.43. The Kier molecular flexibility index (Phi) is 4.73. The molecule has 1 aromatic heterocycles. The van der Waals surface area contributed by atoms with Gasteiger partial charge in [0.2, 0.25) is 5.76 Å². The quantitative estimate of drug-likeness (QED) is 0.540. The average molecular weight is 475 g/mol. The smallest absolute Gasteiger partial charge is 0.291 e. The normalized spacial score (nSPS) is 21.2.